The van der Waals surface area contributed by atoms with Crippen LogP contribution in [0.25, 0.3) is 0 Å². The Labute approximate surface area is 126 Å². The van der Waals surface area contributed by atoms with Gasteiger partial charge in [0.15, 0.2) is 5.82 Å². The third-order valence-electron chi connectivity index (χ3n) is 2.68. The van der Waals surface area contributed by atoms with Crippen LogP contribution in [-0.4, -0.2) is 42.2 Å². The topological polar surface area (TPSA) is 59.1 Å². The molecule has 0 aromatic carbocycles. The lowest BCUT2D eigenvalue weighted by atomic mass is 10.2. The summed E-state index contributed by atoms with van der Waals surface area (Å²) in [5.41, 5.74) is 0. The van der Waals surface area contributed by atoms with Crippen LogP contribution in [0.3, 0.4) is 0 Å². The first kappa shape index (κ1) is 17.0. The molecule has 0 saturated carbocycles. The van der Waals surface area contributed by atoms with E-state index in [2.05, 4.69) is 40.7 Å². The van der Waals surface area contributed by atoms with E-state index in [1.807, 2.05) is 17.8 Å². The second-order valence-electron chi connectivity index (χ2n) is 4.86. The molecule has 0 aliphatic rings. The maximum Gasteiger partial charge on any atom is 0.158 e. The molecule has 1 aromatic heterocycles. The molecule has 5 nitrogen and oxygen atoms in total. The summed E-state index contributed by atoms with van der Waals surface area (Å²) < 4.78 is 5.12. The lowest BCUT2D eigenvalue weighted by molar-refractivity contribution is 0.178. The SMILES string of the molecule is CCCNc1cc(NCC(C)CSC)nc(COC)n1. The van der Waals surface area contributed by atoms with Crippen LogP contribution in [0.1, 0.15) is 26.1 Å². The third kappa shape index (κ3) is 6.43. The van der Waals surface area contributed by atoms with Crippen molar-refractivity contribution in [1.29, 1.82) is 0 Å². The first-order valence-electron chi connectivity index (χ1n) is 7.03. The Bertz CT molecular complexity index is 389. The number of methoxy groups -OCH3 is 1. The summed E-state index contributed by atoms with van der Waals surface area (Å²) in [6.45, 7) is 6.62. The second kappa shape index (κ2) is 9.83. The van der Waals surface area contributed by atoms with Gasteiger partial charge in [0, 0.05) is 26.3 Å². The number of ether oxygens (including phenoxy) is 1. The molecular weight excluding hydrogens is 272 g/mol. The normalized spacial score (nSPS) is 12.2. The van der Waals surface area contributed by atoms with Gasteiger partial charge in [0.2, 0.25) is 0 Å². The quantitative estimate of drug-likeness (QED) is 0.692. The van der Waals surface area contributed by atoms with E-state index in [4.69, 9.17) is 4.74 Å². The molecule has 1 aromatic rings. The predicted molar refractivity (Wildman–Crippen MR) is 87.6 cm³/mol. The van der Waals surface area contributed by atoms with Crippen LogP contribution in [0.4, 0.5) is 11.6 Å². The van der Waals surface area contributed by atoms with Gasteiger partial charge in [0.05, 0.1) is 0 Å². The van der Waals surface area contributed by atoms with Crippen LogP contribution in [-0.2, 0) is 11.3 Å². The number of aromatic nitrogens is 2. The molecule has 0 radical (unpaired) electrons. The fraction of sp³-hybridized carbons (Fsp3) is 0.714. The average Bonchev–Trinajstić information content (AvgIpc) is 2.43. The molecule has 0 amide bonds. The number of nitrogens with one attached hydrogen (secondary N) is 2. The monoisotopic (exact) mass is 298 g/mol. The van der Waals surface area contributed by atoms with E-state index in [0.29, 0.717) is 18.3 Å². The van der Waals surface area contributed by atoms with Crippen molar-refractivity contribution in [3.63, 3.8) is 0 Å². The Kier molecular flexibility index (Phi) is 8.37. The second-order valence-corrected chi connectivity index (χ2v) is 5.77. The summed E-state index contributed by atoms with van der Waals surface area (Å²) in [6, 6.07) is 1.96. The summed E-state index contributed by atoms with van der Waals surface area (Å²) in [5, 5.41) is 6.68. The molecule has 114 valence electrons. The highest BCUT2D eigenvalue weighted by molar-refractivity contribution is 7.98. The van der Waals surface area contributed by atoms with E-state index in [-0.39, 0.29) is 0 Å². The van der Waals surface area contributed by atoms with Gasteiger partial charge in [0.25, 0.3) is 0 Å². The number of hydrogen-bond donors (Lipinski definition) is 2. The van der Waals surface area contributed by atoms with Crippen molar-refractivity contribution < 1.29 is 4.74 Å². The highest BCUT2D eigenvalue weighted by Gasteiger charge is 2.06. The first-order valence-corrected chi connectivity index (χ1v) is 8.42. The van der Waals surface area contributed by atoms with Gasteiger partial charge >= 0.3 is 0 Å². The fourth-order valence-electron chi connectivity index (χ4n) is 1.75. The standard InChI is InChI=1S/C14H26N4OS/c1-5-6-15-12-7-13(16-8-11(2)10-20-4)18-14(17-12)9-19-3/h7,11H,5-6,8-10H2,1-4H3,(H2,15,16,17,18). The van der Waals surface area contributed by atoms with E-state index in [1.165, 1.54) is 0 Å². The molecule has 0 aliphatic carbocycles. The zero-order valence-corrected chi connectivity index (χ0v) is 13.7. The lowest BCUT2D eigenvalue weighted by Crippen LogP contribution is -2.15. The molecule has 0 spiro atoms. The van der Waals surface area contributed by atoms with Gasteiger partial charge in [-0.05, 0) is 24.3 Å². The van der Waals surface area contributed by atoms with Crippen molar-refractivity contribution in [1.82, 2.24) is 9.97 Å². The molecular formula is C14H26N4OS. The summed E-state index contributed by atoms with van der Waals surface area (Å²) in [6.07, 6.45) is 3.20. The zero-order chi connectivity index (χ0) is 14.8. The van der Waals surface area contributed by atoms with Crippen LogP contribution < -0.4 is 10.6 Å². The van der Waals surface area contributed by atoms with Crippen molar-refractivity contribution in [3.8, 4) is 0 Å². The zero-order valence-electron chi connectivity index (χ0n) is 12.9. The van der Waals surface area contributed by atoms with Gasteiger partial charge < -0.3 is 15.4 Å². The largest absolute Gasteiger partial charge is 0.377 e. The van der Waals surface area contributed by atoms with Crippen LogP contribution >= 0.6 is 11.8 Å². The lowest BCUT2D eigenvalue weighted by Gasteiger charge is -2.14. The van der Waals surface area contributed by atoms with E-state index in [1.54, 1.807) is 7.11 Å². The molecule has 1 rings (SSSR count). The van der Waals surface area contributed by atoms with Crippen molar-refractivity contribution in [2.45, 2.75) is 26.9 Å². The molecule has 20 heavy (non-hydrogen) atoms. The van der Waals surface area contributed by atoms with Crippen molar-refractivity contribution >= 4 is 23.4 Å². The summed E-state index contributed by atoms with van der Waals surface area (Å²) in [4.78, 5) is 8.90. The van der Waals surface area contributed by atoms with Gasteiger partial charge in [-0.25, -0.2) is 9.97 Å². The highest BCUT2D eigenvalue weighted by atomic mass is 32.2. The minimum absolute atomic E-state index is 0.427. The van der Waals surface area contributed by atoms with E-state index < -0.39 is 0 Å². The number of rotatable bonds is 10. The summed E-state index contributed by atoms with van der Waals surface area (Å²) >= 11 is 1.87. The van der Waals surface area contributed by atoms with Gasteiger partial charge in [-0.15, -0.1) is 0 Å². The van der Waals surface area contributed by atoms with Crippen LogP contribution in [0.5, 0.6) is 0 Å². The summed E-state index contributed by atoms with van der Waals surface area (Å²) in [7, 11) is 1.66. The maximum atomic E-state index is 5.12. The fourth-order valence-corrected chi connectivity index (χ4v) is 2.43. The molecule has 1 unspecified atom stereocenters. The molecule has 0 bridgehead atoms. The average molecular weight is 298 g/mol. The number of anilines is 2. The van der Waals surface area contributed by atoms with E-state index >= 15 is 0 Å². The van der Waals surface area contributed by atoms with Gasteiger partial charge in [0.1, 0.15) is 18.2 Å². The number of nitrogens with zero attached hydrogens (tertiary/aromatic N) is 2. The molecule has 0 aliphatic heterocycles. The highest BCUT2D eigenvalue weighted by Crippen LogP contribution is 2.13. The van der Waals surface area contributed by atoms with Crippen molar-refractivity contribution in [2.75, 3.05) is 42.8 Å². The van der Waals surface area contributed by atoms with Crippen LogP contribution in [0.2, 0.25) is 0 Å². The molecule has 1 heterocycles. The smallest absolute Gasteiger partial charge is 0.158 e. The van der Waals surface area contributed by atoms with Crippen LogP contribution in [0.15, 0.2) is 6.07 Å². The van der Waals surface area contributed by atoms with Crippen molar-refractivity contribution in [3.05, 3.63) is 11.9 Å². The molecule has 6 heteroatoms. The first-order chi connectivity index (χ1) is 9.69. The van der Waals surface area contributed by atoms with Gasteiger partial charge in [-0.3, -0.25) is 0 Å². The molecule has 0 saturated heterocycles. The van der Waals surface area contributed by atoms with Crippen LogP contribution in [0, 0.1) is 5.92 Å². The number of thioether (sulfide) groups is 1. The Morgan fingerprint density at radius 3 is 2.60 bits per heavy atom. The van der Waals surface area contributed by atoms with Gasteiger partial charge in [-0.2, -0.15) is 11.8 Å². The maximum absolute atomic E-state index is 5.12. The van der Waals surface area contributed by atoms with E-state index in [9.17, 15) is 0 Å². The minimum atomic E-state index is 0.427. The van der Waals surface area contributed by atoms with E-state index in [0.717, 1.165) is 36.9 Å². The number of hydrogen-bond acceptors (Lipinski definition) is 6. The Morgan fingerprint density at radius 1 is 1.30 bits per heavy atom. The van der Waals surface area contributed by atoms with Gasteiger partial charge in [-0.1, -0.05) is 13.8 Å². The molecule has 1 atom stereocenters. The molecule has 0 fully saturated rings. The molecule has 2 N–H and O–H groups in total. The Hall–Kier alpha value is -1.01. The Balaban J connectivity index is 2.69. The predicted octanol–water partition coefficient (Wildman–Crippen LogP) is 2.86. The third-order valence-corrected chi connectivity index (χ3v) is 3.59. The Morgan fingerprint density at radius 2 is 2.00 bits per heavy atom. The minimum Gasteiger partial charge on any atom is -0.377 e. The summed E-state index contributed by atoms with van der Waals surface area (Å²) in [5.74, 6) is 4.17. The van der Waals surface area contributed by atoms with Crippen molar-refractivity contribution in [2.24, 2.45) is 5.92 Å².